The summed E-state index contributed by atoms with van der Waals surface area (Å²) in [6, 6.07) is 6.91. The summed E-state index contributed by atoms with van der Waals surface area (Å²) in [7, 11) is 0. The normalized spacial score (nSPS) is 11.6. The highest BCUT2D eigenvalue weighted by Gasteiger charge is 2.10. The number of nitrogens with two attached hydrogens (primary N) is 1. The molecule has 1 aromatic carbocycles. The summed E-state index contributed by atoms with van der Waals surface area (Å²) in [5.74, 6) is -0.840. The smallest absolute Gasteiger partial charge is 0.303 e. The van der Waals surface area contributed by atoms with Crippen LogP contribution in [0.1, 0.15) is 24.4 Å². The number of carbonyl (C=O) groups is 1. The molecule has 0 spiro atoms. The predicted octanol–water partition coefficient (Wildman–Crippen LogP) is 2.63. The summed E-state index contributed by atoms with van der Waals surface area (Å²) in [6.45, 7) is 0. The molecule has 0 aliphatic carbocycles. The van der Waals surface area contributed by atoms with Crippen molar-refractivity contribution in [3.05, 3.63) is 34.9 Å². The highest BCUT2D eigenvalue weighted by Crippen LogP contribution is 2.23. The molecule has 15 heavy (non-hydrogen) atoms. The monoisotopic (exact) mass is 249 g/mol. The molecule has 1 rings (SSSR count). The quantitative estimate of drug-likeness (QED) is 0.863. The lowest BCUT2D eigenvalue weighted by atomic mass is 10.0. The van der Waals surface area contributed by atoms with Crippen molar-refractivity contribution in [1.82, 2.24) is 0 Å². The number of benzene rings is 1. The molecule has 3 nitrogen and oxygen atoms in total. The molecule has 84 valence electrons. The van der Waals surface area contributed by atoms with Crippen molar-refractivity contribution in [1.29, 1.82) is 0 Å². The van der Waals surface area contributed by atoms with Gasteiger partial charge in [-0.05, 0) is 18.1 Å². The number of aliphatic carboxylic acids is 1. The maximum Gasteiger partial charge on any atom is 0.303 e. The standard InChI is InChI=1S/C10H12ClNO2.ClH/c11-8-4-2-1-3-7(8)9(12)5-6-10(13)14;/h1-4,9H,5-6,12H2,(H,13,14);1H. The van der Waals surface area contributed by atoms with E-state index in [1.165, 1.54) is 0 Å². The lowest BCUT2D eigenvalue weighted by Gasteiger charge is -2.11. The largest absolute Gasteiger partial charge is 0.481 e. The van der Waals surface area contributed by atoms with E-state index in [2.05, 4.69) is 0 Å². The molecule has 5 heteroatoms. The van der Waals surface area contributed by atoms with Gasteiger partial charge in [-0.3, -0.25) is 4.79 Å². The summed E-state index contributed by atoms with van der Waals surface area (Å²) < 4.78 is 0. The van der Waals surface area contributed by atoms with Crippen molar-refractivity contribution >= 4 is 30.0 Å². The molecule has 0 aliphatic rings. The first kappa shape index (κ1) is 14.2. The number of hydrogen-bond acceptors (Lipinski definition) is 2. The van der Waals surface area contributed by atoms with Crippen molar-refractivity contribution in [2.24, 2.45) is 5.73 Å². The predicted molar refractivity (Wildman–Crippen MR) is 62.5 cm³/mol. The van der Waals surface area contributed by atoms with Gasteiger partial charge in [0.05, 0.1) is 0 Å². The van der Waals surface area contributed by atoms with Crippen molar-refractivity contribution < 1.29 is 9.90 Å². The zero-order valence-electron chi connectivity index (χ0n) is 8.02. The zero-order valence-corrected chi connectivity index (χ0v) is 9.59. The minimum Gasteiger partial charge on any atom is -0.481 e. The molecule has 0 radical (unpaired) electrons. The minimum atomic E-state index is -0.840. The first-order valence-electron chi connectivity index (χ1n) is 4.33. The van der Waals surface area contributed by atoms with Gasteiger partial charge in [0.2, 0.25) is 0 Å². The van der Waals surface area contributed by atoms with E-state index in [4.69, 9.17) is 22.4 Å². The Morgan fingerprint density at radius 2 is 2.07 bits per heavy atom. The molecule has 0 saturated heterocycles. The van der Waals surface area contributed by atoms with Gasteiger partial charge in [0.1, 0.15) is 0 Å². The van der Waals surface area contributed by atoms with Crippen LogP contribution in [0.15, 0.2) is 24.3 Å². The van der Waals surface area contributed by atoms with Crippen LogP contribution in [0.5, 0.6) is 0 Å². The van der Waals surface area contributed by atoms with Crippen molar-refractivity contribution in [3.8, 4) is 0 Å². The number of hydrogen-bond donors (Lipinski definition) is 2. The van der Waals surface area contributed by atoms with Crippen molar-refractivity contribution in [3.63, 3.8) is 0 Å². The Morgan fingerprint density at radius 1 is 1.47 bits per heavy atom. The van der Waals surface area contributed by atoms with Crippen LogP contribution in [0.4, 0.5) is 0 Å². The van der Waals surface area contributed by atoms with Crippen LogP contribution in [0.3, 0.4) is 0 Å². The third kappa shape index (κ3) is 4.51. The molecule has 0 aromatic heterocycles. The second-order valence-electron chi connectivity index (χ2n) is 3.06. The van der Waals surface area contributed by atoms with Gasteiger partial charge in [0.15, 0.2) is 0 Å². The molecule has 1 unspecified atom stereocenters. The van der Waals surface area contributed by atoms with Crippen LogP contribution >= 0.6 is 24.0 Å². The first-order valence-corrected chi connectivity index (χ1v) is 4.71. The lowest BCUT2D eigenvalue weighted by Crippen LogP contribution is -2.12. The Bertz CT molecular complexity index is 331. The number of carboxylic acid groups (broad SMARTS) is 1. The third-order valence-corrected chi connectivity index (χ3v) is 2.32. The van der Waals surface area contributed by atoms with Crippen LogP contribution in [0.25, 0.3) is 0 Å². The highest BCUT2D eigenvalue weighted by molar-refractivity contribution is 6.31. The lowest BCUT2D eigenvalue weighted by molar-refractivity contribution is -0.137. The minimum absolute atomic E-state index is 0. The van der Waals surface area contributed by atoms with Crippen molar-refractivity contribution in [2.75, 3.05) is 0 Å². The maximum atomic E-state index is 10.3. The van der Waals surface area contributed by atoms with Crippen LogP contribution < -0.4 is 5.73 Å². The fourth-order valence-electron chi connectivity index (χ4n) is 1.21. The molecule has 0 bridgehead atoms. The van der Waals surface area contributed by atoms with E-state index in [-0.39, 0.29) is 24.9 Å². The van der Waals surface area contributed by atoms with Crippen LogP contribution in [-0.4, -0.2) is 11.1 Å². The average Bonchev–Trinajstić information content (AvgIpc) is 2.15. The van der Waals surface area contributed by atoms with Gasteiger partial charge in [-0.2, -0.15) is 0 Å². The Kier molecular flexibility index (Phi) is 6.32. The second kappa shape index (κ2) is 6.67. The Morgan fingerprint density at radius 3 is 2.60 bits per heavy atom. The fourth-order valence-corrected chi connectivity index (χ4v) is 1.49. The topological polar surface area (TPSA) is 63.3 Å². The van der Waals surface area contributed by atoms with Crippen LogP contribution in [-0.2, 0) is 4.79 Å². The van der Waals surface area contributed by atoms with Gasteiger partial charge in [-0.15, -0.1) is 12.4 Å². The van der Waals surface area contributed by atoms with Gasteiger partial charge < -0.3 is 10.8 Å². The molecule has 0 fully saturated rings. The Hall–Kier alpha value is -0.770. The third-order valence-electron chi connectivity index (χ3n) is 1.97. The SMILES string of the molecule is Cl.NC(CCC(=O)O)c1ccccc1Cl. The van der Waals surface area contributed by atoms with E-state index in [1.54, 1.807) is 6.07 Å². The van der Waals surface area contributed by atoms with Crippen LogP contribution in [0, 0.1) is 0 Å². The summed E-state index contributed by atoms with van der Waals surface area (Å²) in [5.41, 5.74) is 6.60. The van der Waals surface area contributed by atoms with Crippen molar-refractivity contribution in [2.45, 2.75) is 18.9 Å². The van der Waals surface area contributed by atoms with E-state index >= 15 is 0 Å². The molecule has 3 N–H and O–H groups in total. The van der Waals surface area contributed by atoms with Gasteiger partial charge >= 0.3 is 5.97 Å². The summed E-state index contributed by atoms with van der Waals surface area (Å²) in [4.78, 5) is 10.3. The summed E-state index contributed by atoms with van der Waals surface area (Å²) in [6.07, 6.45) is 0.464. The Labute approximate surface area is 99.6 Å². The van der Waals surface area contributed by atoms with Gasteiger partial charge in [0.25, 0.3) is 0 Å². The molecule has 0 amide bonds. The van der Waals surface area contributed by atoms with Gasteiger partial charge in [-0.1, -0.05) is 29.8 Å². The molecule has 0 saturated carbocycles. The molecule has 0 aliphatic heterocycles. The van der Waals surface area contributed by atoms with Gasteiger partial charge in [-0.25, -0.2) is 0 Å². The average molecular weight is 250 g/mol. The van der Waals surface area contributed by atoms with E-state index < -0.39 is 5.97 Å². The molecule has 1 atom stereocenters. The zero-order chi connectivity index (χ0) is 10.6. The van der Waals surface area contributed by atoms with E-state index in [1.807, 2.05) is 18.2 Å². The van der Waals surface area contributed by atoms with E-state index in [0.29, 0.717) is 11.4 Å². The highest BCUT2D eigenvalue weighted by atomic mass is 35.5. The molecular weight excluding hydrogens is 237 g/mol. The van der Waals surface area contributed by atoms with E-state index in [0.717, 1.165) is 5.56 Å². The van der Waals surface area contributed by atoms with Gasteiger partial charge in [0, 0.05) is 17.5 Å². The number of halogens is 2. The number of carboxylic acids is 1. The summed E-state index contributed by atoms with van der Waals surface area (Å²) >= 11 is 5.91. The summed E-state index contributed by atoms with van der Waals surface area (Å²) in [5, 5.41) is 9.08. The van der Waals surface area contributed by atoms with Crippen LogP contribution in [0.2, 0.25) is 5.02 Å². The molecule has 1 aromatic rings. The maximum absolute atomic E-state index is 10.3. The fraction of sp³-hybridized carbons (Fsp3) is 0.300. The molecular formula is C10H13Cl2NO2. The second-order valence-corrected chi connectivity index (χ2v) is 3.47. The van der Waals surface area contributed by atoms with E-state index in [9.17, 15) is 4.79 Å². The first-order chi connectivity index (χ1) is 6.61. The number of rotatable bonds is 4. The Balaban J connectivity index is 0.00000196. The molecule has 0 heterocycles.